The summed E-state index contributed by atoms with van der Waals surface area (Å²) in [6, 6.07) is -4.36. The Hall–Kier alpha value is -1.50. The van der Waals surface area contributed by atoms with Crippen molar-refractivity contribution in [2.75, 3.05) is 17.8 Å². The number of carboxylic acid groups (broad SMARTS) is 1. The van der Waals surface area contributed by atoms with E-state index in [-0.39, 0.29) is 18.1 Å². The van der Waals surface area contributed by atoms with E-state index < -0.39 is 54.0 Å². The Morgan fingerprint density at radius 1 is 1.00 bits per heavy atom. The van der Waals surface area contributed by atoms with Crippen LogP contribution in [0.5, 0.6) is 0 Å². The number of nitrogens with one attached hydrogen (secondary N) is 3. The normalized spacial score (nSPS) is 16.1. The van der Waals surface area contributed by atoms with E-state index in [9.17, 15) is 24.3 Å². The maximum Gasteiger partial charge on any atom is 0.328 e. The van der Waals surface area contributed by atoms with Gasteiger partial charge in [0.25, 0.3) is 0 Å². The lowest BCUT2D eigenvalue weighted by Crippen LogP contribution is -2.59. The second-order valence-electron chi connectivity index (χ2n) is 7.39. The summed E-state index contributed by atoms with van der Waals surface area (Å²) in [5, 5.41) is 26.0. The summed E-state index contributed by atoms with van der Waals surface area (Å²) in [5.41, 5.74) is 5.81. The molecule has 0 aliphatic carbocycles. The largest absolute Gasteiger partial charge is 0.480 e. The third kappa shape index (κ3) is 10.5. The van der Waals surface area contributed by atoms with Crippen LogP contribution in [-0.4, -0.2) is 81.9 Å². The smallest absolute Gasteiger partial charge is 0.328 e. The minimum Gasteiger partial charge on any atom is -0.480 e. The van der Waals surface area contributed by atoms with E-state index in [4.69, 9.17) is 10.8 Å². The fourth-order valence-electron chi connectivity index (χ4n) is 2.47. The standard InChI is InChI=1S/C18H34N4O6S2/c1-9(2)7-12(16(25)22-14(10(3)23)18(27)28)20-17(26)13(8-29)21-15(24)11(19)5-6-30-4/h9-14,23,29H,5-8,19H2,1-4H3,(H,20,26)(H,21,24)(H,22,25)(H,27,28). The highest BCUT2D eigenvalue weighted by molar-refractivity contribution is 7.98. The molecule has 174 valence electrons. The molecular weight excluding hydrogens is 432 g/mol. The minimum absolute atomic E-state index is 0.000105. The molecule has 0 heterocycles. The first-order valence-corrected chi connectivity index (χ1v) is 11.6. The molecule has 0 saturated carbocycles. The van der Waals surface area contributed by atoms with Gasteiger partial charge in [-0.3, -0.25) is 14.4 Å². The highest BCUT2D eigenvalue weighted by Gasteiger charge is 2.31. The van der Waals surface area contributed by atoms with Crippen LogP contribution in [-0.2, 0) is 19.2 Å². The van der Waals surface area contributed by atoms with E-state index >= 15 is 0 Å². The van der Waals surface area contributed by atoms with Crippen LogP contribution in [0.4, 0.5) is 0 Å². The molecule has 0 aliphatic heterocycles. The lowest BCUT2D eigenvalue weighted by molar-refractivity contribution is -0.145. The quantitative estimate of drug-likeness (QED) is 0.159. The zero-order valence-corrected chi connectivity index (χ0v) is 19.5. The molecule has 0 saturated heterocycles. The van der Waals surface area contributed by atoms with Crippen molar-refractivity contribution in [1.82, 2.24) is 16.0 Å². The van der Waals surface area contributed by atoms with E-state index in [0.29, 0.717) is 12.2 Å². The second kappa shape index (κ2) is 14.5. The van der Waals surface area contributed by atoms with Crippen molar-refractivity contribution in [2.45, 2.75) is 63.9 Å². The van der Waals surface area contributed by atoms with E-state index in [1.165, 1.54) is 6.92 Å². The van der Waals surface area contributed by atoms with Gasteiger partial charge in [-0.05, 0) is 37.7 Å². The second-order valence-corrected chi connectivity index (χ2v) is 8.74. The molecule has 0 aromatic heterocycles. The molecular formula is C18H34N4O6S2. The van der Waals surface area contributed by atoms with Gasteiger partial charge >= 0.3 is 5.97 Å². The number of aliphatic carboxylic acids is 1. The molecule has 0 fully saturated rings. The van der Waals surface area contributed by atoms with Crippen LogP contribution in [0.2, 0.25) is 0 Å². The van der Waals surface area contributed by atoms with E-state index in [1.807, 2.05) is 20.1 Å². The van der Waals surface area contributed by atoms with Crippen molar-refractivity contribution in [3.05, 3.63) is 0 Å². The van der Waals surface area contributed by atoms with Gasteiger partial charge < -0.3 is 31.9 Å². The summed E-state index contributed by atoms with van der Waals surface area (Å²) in [4.78, 5) is 48.6. The van der Waals surface area contributed by atoms with E-state index in [2.05, 4.69) is 28.6 Å². The van der Waals surface area contributed by atoms with Crippen LogP contribution in [0.15, 0.2) is 0 Å². The summed E-state index contributed by atoms with van der Waals surface area (Å²) < 4.78 is 0. The minimum atomic E-state index is -1.51. The Balaban J connectivity index is 5.20. The number of amides is 3. The highest BCUT2D eigenvalue weighted by atomic mass is 32.2. The number of carbonyl (C=O) groups excluding carboxylic acids is 3. The van der Waals surface area contributed by atoms with Crippen molar-refractivity contribution in [1.29, 1.82) is 0 Å². The van der Waals surface area contributed by atoms with Gasteiger partial charge in [0.15, 0.2) is 6.04 Å². The molecule has 0 bridgehead atoms. The summed E-state index contributed by atoms with van der Waals surface area (Å²) in [7, 11) is 0. The molecule has 30 heavy (non-hydrogen) atoms. The molecule has 0 spiro atoms. The molecule has 0 aromatic carbocycles. The SMILES string of the molecule is CSCCC(N)C(=O)NC(CS)C(=O)NC(CC(C)C)C(=O)NC(C(=O)O)C(C)O. The van der Waals surface area contributed by atoms with Gasteiger partial charge in [-0.15, -0.1) is 0 Å². The van der Waals surface area contributed by atoms with Crippen molar-refractivity contribution in [3.8, 4) is 0 Å². The zero-order valence-electron chi connectivity index (χ0n) is 17.8. The van der Waals surface area contributed by atoms with Gasteiger partial charge in [-0.2, -0.15) is 24.4 Å². The lowest BCUT2D eigenvalue weighted by atomic mass is 10.0. The number of aliphatic hydroxyl groups excluding tert-OH is 1. The molecule has 3 amide bonds. The molecule has 10 nitrogen and oxygen atoms in total. The number of rotatable bonds is 14. The first-order valence-electron chi connectivity index (χ1n) is 9.61. The first-order chi connectivity index (χ1) is 13.9. The van der Waals surface area contributed by atoms with Crippen molar-refractivity contribution < 1.29 is 29.4 Å². The maximum atomic E-state index is 12.6. The average Bonchev–Trinajstić information content (AvgIpc) is 2.66. The molecule has 0 aromatic rings. The number of carbonyl (C=O) groups is 4. The fraction of sp³-hybridized carbons (Fsp3) is 0.778. The summed E-state index contributed by atoms with van der Waals surface area (Å²) >= 11 is 5.64. The number of aliphatic hydroxyl groups is 1. The Kier molecular flexibility index (Phi) is 13.8. The van der Waals surface area contributed by atoms with Gasteiger partial charge in [-0.25, -0.2) is 4.79 Å². The third-order valence-corrected chi connectivity index (χ3v) is 5.18. The molecule has 0 aliphatic rings. The zero-order chi connectivity index (χ0) is 23.4. The van der Waals surface area contributed by atoms with Crippen LogP contribution in [0.25, 0.3) is 0 Å². The Bertz CT molecular complexity index is 591. The maximum absolute atomic E-state index is 12.6. The predicted octanol–water partition coefficient (Wildman–Crippen LogP) is -1.04. The Morgan fingerprint density at radius 3 is 1.97 bits per heavy atom. The van der Waals surface area contributed by atoms with Crippen LogP contribution in [0.3, 0.4) is 0 Å². The van der Waals surface area contributed by atoms with Gasteiger partial charge in [0, 0.05) is 5.75 Å². The summed E-state index contributed by atoms with van der Waals surface area (Å²) in [5.74, 6) is -2.60. The number of thioether (sulfide) groups is 1. The number of carboxylic acids is 1. The molecule has 7 N–H and O–H groups in total. The van der Waals surface area contributed by atoms with Crippen LogP contribution < -0.4 is 21.7 Å². The first kappa shape index (κ1) is 28.5. The highest BCUT2D eigenvalue weighted by Crippen LogP contribution is 2.07. The van der Waals surface area contributed by atoms with Crippen LogP contribution in [0.1, 0.15) is 33.6 Å². The number of thiol groups is 1. The topological polar surface area (TPSA) is 171 Å². The predicted molar refractivity (Wildman–Crippen MR) is 119 cm³/mol. The average molecular weight is 467 g/mol. The Labute approximate surface area is 186 Å². The fourth-order valence-corrected chi connectivity index (χ4v) is 3.21. The number of nitrogens with two attached hydrogens (primary N) is 1. The Morgan fingerprint density at radius 2 is 1.53 bits per heavy atom. The molecule has 5 atom stereocenters. The number of hydrogen-bond acceptors (Lipinski definition) is 8. The van der Waals surface area contributed by atoms with Crippen LogP contribution in [0, 0.1) is 5.92 Å². The third-order valence-electron chi connectivity index (χ3n) is 4.17. The van der Waals surface area contributed by atoms with Crippen molar-refractivity contribution in [2.24, 2.45) is 11.7 Å². The lowest BCUT2D eigenvalue weighted by Gasteiger charge is -2.26. The summed E-state index contributed by atoms with van der Waals surface area (Å²) in [6.45, 7) is 4.90. The van der Waals surface area contributed by atoms with E-state index in [0.717, 1.165) is 0 Å². The molecule has 0 rings (SSSR count). The van der Waals surface area contributed by atoms with Gasteiger partial charge in [-0.1, -0.05) is 13.8 Å². The van der Waals surface area contributed by atoms with E-state index in [1.54, 1.807) is 11.8 Å². The van der Waals surface area contributed by atoms with Gasteiger partial charge in [0.2, 0.25) is 17.7 Å². The van der Waals surface area contributed by atoms with Crippen LogP contribution >= 0.6 is 24.4 Å². The van der Waals surface area contributed by atoms with Gasteiger partial charge in [0.1, 0.15) is 12.1 Å². The van der Waals surface area contributed by atoms with Crippen molar-refractivity contribution in [3.63, 3.8) is 0 Å². The monoisotopic (exact) mass is 466 g/mol. The molecule has 12 heteroatoms. The molecule has 5 unspecified atom stereocenters. The number of hydrogen-bond donors (Lipinski definition) is 7. The molecule has 0 radical (unpaired) electrons. The summed E-state index contributed by atoms with van der Waals surface area (Å²) in [6.07, 6.45) is 1.24. The van der Waals surface area contributed by atoms with Crippen molar-refractivity contribution >= 4 is 48.1 Å². The van der Waals surface area contributed by atoms with Gasteiger partial charge in [0.05, 0.1) is 12.1 Å².